The zero-order valence-corrected chi connectivity index (χ0v) is 10.9. The molecule has 0 atom stereocenters. The highest BCUT2D eigenvalue weighted by Crippen LogP contribution is 2.23. The molecule has 3 N–H and O–H groups in total. The first-order valence-electron chi connectivity index (χ1n) is 5.98. The minimum Gasteiger partial charge on any atom is -0.476 e. The van der Waals surface area contributed by atoms with Gasteiger partial charge in [0.2, 0.25) is 5.88 Å². The molecule has 0 aromatic carbocycles. The minimum atomic E-state index is -4.18. The van der Waals surface area contributed by atoms with Crippen molar-refractivity contribution in [1.29, 1.82) is 0 Å². The molecule has 108 valence electrons. The van der Waals surface area contributed by atoms with Gasteiger partial charge in [-0.15, -0.1) is 0 Å². The van der Waals surface area contributed by atoms with Crippen molar-refractivity contribution < 1.29 is 17.9 Å². The van der Waals surface area contributed by atoms with Gasteiger partial charge in [-0.25, -0.2) is 0 Å². The van der Waals surface area contributed by atoms with E-state index in [1.54, 1.807) is 6.07 Å². The molecule has 19 heavy (non-hydrogen) atoms. The molecule has 0 saturated carbocycles. The summed E-state index contributed by atoms with van der Waals surface area (Å²) < 4.78 is 41.4. The van der Waals surface area contributed by atoms with Gasteiger partial charge < -0.3 is 15.8 Å². The van der Waals surface area contributed by atoms with E-state index in [4.69, 9.17) is 10.5 Å². The molecule has 1 aromatic heterocycles. The van der Waals surface area contributed by atoms with E-state index < -0.39 is 12.6 Å². The zero-order valence-electron chi connectivity index (χ0n) is 10.9. The molecule has 1 aromatic rings. The van der Waals surface area contributed by atoms with Crippen molar-refractivity contribution in [2.45, 2.75) is 26.4 Å². The molecule has 0 bridgehead atoms. The van der Waals surface area contributed by atoms with Gasteiger partial charge in [0.05, 0.1) is 18.7 Å². The highest BCUT2D eigenvalue weighted by molar-refractivity contribution is 5.53. The second-order valence-corrected chi connectivity index (χ2v) is 4.59. The Kier molecular flexibility index (Phi) is 5.26. The number of aromatic nitrogens is 1. The van der Waals surface area contributed by atoms with Gasteiger partial charge in [-0.2, -0.15) is 18.2 Å². The number of nitrogen functional groups attached to an aromatic ring is 1. The average Bonchev–Trinajstić information content (AvgIpc) is 2.27. The Morgan fingerprint density at radius 3 is 2.63 bits per heavy atom. The molecule has 0 aliphatic rings. The Morgan fingerprint density at radius 1 is 1.37 bits per heavy atom. The summed E-state index contributed by atoms with van der Waals surface area (Å²) in [6.45, 7) is 4.16. The van der Waals surface area contributed by atoms with Gasteiger partial charge in [-0.1, -0.05) is 13.8 Å². The smallest absolute Gasteiger partial charge is 0.390 e. The van der Waals surface area contributed by atoms with Crippen LogP contribution in [0.25, 0.3) is 0 Å². The van der Waals surface area contributed by atoms with Crippen molar-refractivity contribution in [1.82, 2.24) is 4.98 Å². The van der Waals surface area contributed by atoms with Crippen LogP contribution >= 0.6 is 0 Å². The molecule has 0 aliphatic heterocycles. The fourth-order valence-electron chi connectivity index (χ4n) is 1.24. The second-order valence-electron chi connectivity index (χ2n) is 4.59. The van der Waals surface area contributed by atoms with Crippen molar-refractivity contribution in [2.24, 2.45) is 5.92 Å². The maximum Gasteiger partial charge on any atom is 0.390 e. The number of hydrogen-bond acceptors (Lipinski definition) is 4. The molecule has 0 unspecified atom stereocenters. The number of ether oxygens (including phenoxy) is 1. The van der Waals surface area contributed by atoms with Crippen LogP contribution in [0.5, 0.6) is 5.88 Å². The number of alkyl halides is 3. The number of rotatable bonds is 6. The van der Waals surface area contributed by atoms with E-state index in [1.807, 2.05) is 13.8 Å². The molecule has 0 radical (unpaired) electrons. The molecular formula is C12H18F3N3O. The number of pyridine rings is 1. The van der Waals surface area contributed by atoms with Crippen molar-refractivity contribution in [2.75, 3.05) is 24.2 Å². The predicted molar refractivity (Wildman–Crippen MR) is 68.1 cm³/mol. The van der Waals surface area contributed by atoms with Gasteiger partial charge in [0, 0.05) is 6.54 Å². The lowest BCUT2D eigenvalue weighted by Crippen LogP contribution is -2.15. The summed E-state index contributed by atoms with van der Waals surface area (Å²) in [5.41, 5.74) is 6.04. The van der Waals surface area contributed by atoms with Crippen molar-refractivity contribution in [3.05, 3.63) is 12.1 Å². The Morgan fingerprint density at radius 2 is 2.05 bits per heavy atom. The lowest BCUT2D eigenvalue weighted by Gasteiger charge is -2.12. The first-order chi connectivity index (χ1) is 8.78. The molecule has 0 saturated heterocycles. The minimum absolute atomic E-state index is 0.232. The third kappa shape index (κ3) is 6.17. The Hall–Kier alpha value is -1.66. The van der Waals surface area contributed by atoms with Gasteiger partial charge in [0.25, 0.3) is 0 Å². The number of nitrogens with zero attached hydrogens (tertiary/aromatic N) is 1. The van der Waals surface area contributed by atoms with Gasteiger partial charge in [-0.3, -0.25) is 0 Å². The van der Waals surface area contributed by atoms with Crippen LogP contribution in [0.3, 0.4) is 0 Å². The van der Waals surface area contributed by atoms with E-state index in [0.29, 0.717) is 24.0 Å². The average molecular weight is 277 g/mol. The third-order valence-electron chi connectivity index (χ3n) is 2.16. The number of nitrogens with one attached hydrogen (secondary N) is 1. The van der Waals surface area contributed by atoms with Crippen molar-refractivity contribution in [3.63, 3.8) is 0 Å². The Balaban J connectivity index is 2.57. The first kappa shape index (κ1) is 15.4. The van der Waals surface area contributed by atoms with Crippen molar-refractivity contribution >= 4 is 11.5 Å². The molecule has 7 heteroatoms. The highest BCUT2D eigenvalue weighted by Gasteiger charge is 2.26. The first-order valence-corrected chi connectivity index (χ1v) is 5.98. The molecule has 0 aliphatic carbocycles. The van der Waals surface area contributed by atoms with Crippen LogP contribution in [0.4, 0.5) is 24.7 Å². The summed E-state index contributed by atoms with van der Waals surface area (Å²) in [6.07, 6.45) is -5.10. The normalized spacial score (nSPS) is 11.7. The molecule has 0 fully saturated rings. The fourth-order valence-corrected chi connectivity index (χ4v) is 1.24. The largest absolute Gasteiger partial charge is 0.476 e. The quantitative estimate of drug-likeness (QED) is 0.839. The third-order valence-corrected chi connectivity index (χ3v) is 2.16. The summed E-state index contributed by atoms with van der Waals surface area (Å²) >= 11 is 0. The summed E-state index contributed by atoms with van der Waals surface area (Å²) in [6, 6.07) is 3.08. The van der Waals surface area contributed by atoms with Gasteiger partial charge in [-0.05, 0) is 18.1 Å². The van der Waals surface area contributed by atoms with Crippen LogP contribution in [0.15, 0.2) is 12.1 Å². The highest BCUT2D eigenvalue weighted by atomic mass is 19.4. The van der Waals surface area contributed by atoms with Crippen LogP contribution in [0.2, 0.25) is 0 Å². The molecule has 1 heterocycles. The van der Waals surface area contributed by atoms with Crippen LogP contribution in [0.1, 0.15) is 20.3 Å². The molecule has 4 nitrogen and oxygen atoms in total. The van der Waals surface area contributed by atoms with E-state index in [0.717, 1.165) is 0 Å². The number of halogens is 3. The maximum atomic E-state index is 12.0. The summed E-state index contributed by atoms with van der Waals surface area (Å²) in [5, 5.41) is 2.59. The van der Waals surface area contributed by atoms with E-state index in [-0.39, 0.29) is 12.4 Å². The molecule has 0 spiro atoms. The predicted octanol–water partition coefficient (Wildman–Crippen LogP) is 3.06. The lowest BCUT2D eigenvalue weighted by atomic mass is 10.2. The van der Waals surface area contributed by atoms with Crippen LogP contribution < -0.4 is 15.8 Å². The van der Waals surface area contributed by atoms with Gasteiger partial charge in [0.1, 0.15) is 5.82 Å². The van der Waals surface area contributed by atoms with E-state index in [1.165, 1.54) is 6.07 Å². The van der Waals surface area contributed by atoms with E-state index in [2.05, 4.69) is 10.3 Å². The lowest BCUT2D eigenvalue weighted by molar-refractivity contribution is -0.131. The molecular weight excluding hydrogens is 259 g/mol. The monoisotopic (exact) mass is 277 g/mol. The number of nitrogens with two attached hydrogens (primary N) is 1. The molecule has 0 amide bonds. The summed E-state index contributed by atoms with van der Waals surface area (Å²) in [4.78, 5) is 4.04. The fraction of sp³-hybridized carbons (Fsp3) is 0.583. The van der Waals surface area contributed by atoms with Crippen LogP contribution in [0, 0.1) is 5.92 Å². The number of hydrogen-bond donors (Lipinski definition) is 2. The topological polar surface area (TPSA) is 60.2 Å². The maximum absolute atomic E-state index is 12.0. The zero-order chi connectivity index (χ0) is 14.5. The standard InChI is InChI=1S/C12H18F3N3O/c1-8(2)7-19-11-9(16)3-4-10(18-11)17-6-5-12(13,14)15/h3-4,8H,5-7,16H2,1-2H3,(H,17,18). The van der Waals surface area contributed by atoms with Crippen LogP contribution in [-0.4, -0.2) is 24.3 Å². The van der Waals surface area contributed by atoms with Crippen molar-refractivity contribution in [3.8, 4) is 5.88 Å². The van der Waals surface area contributed by atoms with Gasteiger partial charge >= 0.3 is 6.18 Å². The van der Waals surface area contributed by atoms with E-state index in [9.17, 15) is 13.2 Å². The summed E-state index contributed by atoms with van der Waals surface area (Å²) in [7, 11) is 0. The summed E-state index contributed by atoms with van der Waals surface area (Å²) in [5.74, 6) is 0.867. The van der Waals surface area contributed by atoms with Gasteiger partial charge in [0.15, 0.2) is 0 Å². The SMILES string of the molecule is CC(C)COc1nc(NCCC(F)(F)F)ccc1N. The van der Waals surface area contributed by atoms with Crippen LogP contribution in [-0.2, 0) is 0 Å². The Bertz CT molecular complexity index is 408. The second kappa shape index (κ2) is 6.49. The molecule has 1 rings (SSSR count). The van der Waals surface area contributed by atoms with E-state index >= 15 is 0 Å². The number of anilines is 2. The Labute approximate surface area is 110 Å².